The van der Waals surface area contributed by atoms with Gasteiger partial charge in [0.1, 0.15) is 6.61 Å². The summed E-state index contributed by atoms with van der Waals surface area (Å²) in [5.74, 6) is 1.26. The van der Waals surface area contributed by atoms with Crippen molar-refractivity contribution in [1.82, 2.24) is 5.32 Å². The highest BCUT2D eigenvalue weighted by atomic mass is 31.0. The summed E-state index contributed by atoms with van der Waals surface area (Å²) in [7, 11) is 2.68. The molecule has 0 aromatic heterocycles. The summed E-state index contributed by atoms with van der Waals surface area (Å²) in [4.78, 5) is 0. The molecule has 2 aliphatic rings. The van der Waals surface area contributed by atoms with Crippen LogP contribution in [0.3, 0.4) is 0 Å². The lowest BCUT2D eigenvalue weighted by Gasteiger charge is -2.00. The van der Waals surface area contributed by atoms with E-state index in [-0.39, 0.29) is 0 Å². The molecule has 0 aromatic carbocycles. The Bertz CT molecular complexity index is 241. The number of hydrogen-bond acceptors (Lipinski definition) is 2. The lowest BCUT2D eigenvalue weighted by atomic mass is 10.3. The largest absolute Gasteiger partial charge is 0.476 e. The van der Waals surface area contributed by atoms with Crippen molar-refractivity contribution in [3.05, 3.63) is 35.8 Å². The molecule has 1 aliphatic carbocycles. The molecule has 2 atom stereocenters. The van der Waals surface area contributed by atoms with Crippen molar-refractivity contribution in [2.45, 2.75) is 5.78 Å². The zero-order valence-electron chi connectivity index (χ0n) is 6.08. The third-order valence-electron chi connectivity index (χ3n) is 1.65. The molecule has 0 radical (unpaired) electrons. The van der Waals surface area contributed by atoms with Gasteiger partial charge in [-0.2, -0.15) is 0 Å². The maximum Gasteiger partial charge on any atom is 0.194 e. The van der Waals surface area contributed by atoms with E-state index in [0.717, 1.165) is 18.1 Å². The molecule has 0 aromatic rings. The van der Waals surface area contributed by atoms with Gasteiger partial charge in [-0.05, 0) is 12.2 Å². The first-order valence-electron chi connectivity index (χ1n) is 3.60. The fourth-order valence-electron chi connectivity index (χ4n) is 1.12. The molecule has 58 valence electrons. The standard InChI is InChI=1S/C8H10NOP/c11-7-5-10-8(9-7)6-3-1-2-4-6/h1-4,7,9H,5,11H2. The molecule has 3 heteroatoms. The Hall–Kier alpha value is -0.750. The third kappa shape index (κ3) is 1.31. The predicted molar refractivity (Wildman–Crippen MR) is 47.9 cm³/mol. The Morgan fingerprint density at radius 3 is 2.73 bits per heavy atom. The second-order valence-electron chi connectivity index (χ2n) is 2.56. The van der Waals surface area contributed by atoms with Gasteiger partial charge in [0.05, 0.1) is 5.78 Å². The summed E-state index contributed by atoms with van der Waals surface area (Å²) in [6.45, 7) is 0.741. The molecule has 1 aliphatic heterocycles. The van der Waals surface area contributed by atoms with Crippen LogP contribution in [0.5, 0.6) is 0 Å². The van der Waals surface area contributed by atoms with E-state index in [1.54, 1.807) is 0 Å². The van der Waals surface area contributed by atoms with Gasteiger partial charge in [0.2, 0.25) is 0 Å². The minimum Gasteiger partial charge on any atom is -0.476 e. The van der Waals surface area contributed by atoms with Crippen molar-refractivity contribution in [3.63, 3.8) is 0 Å². The predicted octanol–water partition coefficient (Wildman–Crippen LogP) is 1.15. The summed E-state index contributed by atoms with van der Waals surface area (Å²) < 4.78 is 5.39. The smallest absolute Gasteiger partial charge is 0.194 e. The molecule has 0 saturated carbocycles. The highest BCUT2D eigenvalue weighted by molar-refractivity contribution is 7.17. The van der Waals surface area contributed by atoms with Crippen LogP contribution in [0.1, 0.15) is 0 Å². The summed E-state index contributed by atoms with van der Waals surface area (Å²) in [5.41, 5.74) is 1.13. The molecule has 0 bridgehead atoms. The van der Waals surface area contributed by atoms with E-state index in [2.05, 4.69) is 14.6 Å². The number of rotatable bonds is 0. The van der Waals surface area contributed by atoms with Crippen LogP contribution in [0.2, 0.25) is 0 Å². The van der Waals surface area contributed by atoms with Crippen molar-refractivity contribution in [2.24, 2.45) is 0 Å². The van der Waals surface area contributed by atoms with Crippen molar-refractivity contribution in [1.29, 1.82) is 0 Å². The van der Waals surface area contributed by atoms with Crippen molar-refractivity contribution < 1.29 is 4.74 Å². The van der Waals surface area contributed by atoms with Crippen LogP contribution in [-0.2, 0) is 4.74 Å². The van der Waals surface area contributed by atoms with Gasteiger partial charge in [-0.3, -0.25) is 0 Å². The van der Waals surface area contributed by atoms with E-state index in [1.165, 1.54) is 0 Å². The average Bonchev–Trinajstić information content (AvgIpc) is 2.55. The number of allylic oxidation sites excluding steroid dienone is 5. The van der Waals surface area contributed by atoms with Crippen molar-refractivity contribution >= 4 is 9.24 Å². The molecule has 1 heterocycles. The van der Waals surface area contributed by atoms with E-state index >= 15 is 0 Å². The molecule has 0 amide bonds. The fraction of sp³-hybridized carbons (Fsp3) is 0.250. The Morgan fingerprint density at radius 2 is 2.18 bits per heavy atom. The molecule has 11 heavy (non-hydrogen) atoms. The van der Waals surface area contributed by atoms with E-state index in [4.69, 9.17) is 4.74 Å². The summed E-state index contributed by atoms with van der Waals surface area (Å²) in [6, 6.07) is 0. The zero-order valence-corrected chi connectivity index (χ0v) is 7.23. The number of hydrogen-bond donors (Lipinski definition) is 1. The first-order chi connectivity index (χ1) is 5.36. The molecule has 1 saturated heterocycles. The van der Waals surface area contributed by atoms with Crippen LogP contribution in [0.25, 0.3) is 0 Å². The summed E-state index contributed by atoms with van der Waals surface area (Å²) in [5, 5.41) is 3.21. The molecule has 1 fully saturated rings. The Morgan fingerprint density at radius 1 is 1.45 bits per heavy atom. The van der Waals surface area contributed by atoms with E-state index in [9.17, 15) is 0 Å². The summed E-state index contributed by atoms with van der Waals surface area (Å²) in [6.07, 6.45) is 8.07. The molecular weight excluding hydrogens is 157 g/mol. The van der Waals surface area contributed by atoms with Gasteiger partial charge in [0, 0.05) is 5.57 Å². The van der Waals surface area contributed by atoms with Gasteiger partial charge in [0.25, 0.3) is 0 Å². The van der Waals surface area contributed by atoms with E-state index < -0.39 is 0 Å². The molecular formula is C8H10NOP. The molecule has 1 N–H and O–H groups in total. The lowest BCUT2D eigenvalue weighted by molar-refractivity contribution is 0.261. The van der Waals surface area contributed by atoms with Crippen LogP contribution in [0, 0.1) is 0 Å². The van der Waals surface area contributed by atoms with E-state index in [0.29, 0.717) is 5.78 Å². The minimum absolute atomic E-state index is 0.361. The van der Waals surface area contributed by atoms with Crippen molar-refractivity contribution in [3.8, 4) is 0 Å². The van der Waals surface area contributed by atoms with Crippen LogP contribution in [0.4, 0.5) is 0 Å². The maximum absolute atomic E-state index is 5.39. The molecule has 2 rings (SSSR count). The first-order valence-corrected chi connectivity index (χ1v) is 4.27. The second kappa shape index (κ2) is 2.71. The first kappa shape index (κ1) is 6.93. The lowest BCUT2D eigenvalue weighted by Crippen LogP contribution is -2.14. The van der Waals surface area contributed by atoms with Crippen LogP contribution >= 0.6 is 9.24 Å². The van der Waals surface area contributed by atoms with Gasteiger partial charge in [-0.15, -0.1) is 9.24 Å². The van der Waals surface area contributed by atoms with Crippen LogP contribution in [-0.4, -0.2) is 12.4 Å². The highest BCUT2D eigenvalue weighted by Crippen LogP contribution is 2.19. The fourth-order valence-corrected chi connectivity index (χ4v) is 1.36. The van der Waals surface area contributed by atoms with Crippen molar-refractivity contribution in [2.75, 3.05) is 6.61 Å². The van der Waals surface area contributed by atoms with Gasteiger partial charge in [-0.25, -0.2) is 0 Å². The number of ether oxygens (including phenoxy) is 1. The van der Waals surface area contributed by atoms with Gasteiger partial charge < -0.3 is 10.1 Å². The quantitative estimate of drug-likeness (QED) is 0.546. The van der Waals surface area contributed by atoms with Gasteiger partial charge >= 0.3 is 0 Å². The second-order valence-corrected chi connectivity index (χ2v) is 3.37. The minimum atomic E-state index is 0.361. The SMILES string of the molecule is PC1COC(=C2C=CC=C2)N1. The van der Waals surface area contributed by atoms with Crippen LogP contribution in [0.15, 0.2) is 35.8 Å². The van der Waals surface area contributed by atoms with Crippen LogP contribution < -0.4 is 5.32 Å². The van der Waals surface area contributed by atoms with E-state index in [1.807, 2.05) is 24.3 Å². The average molecular weight is 167 g/mol. The maximum atomic E-state index is 5.39. The Kier molecular flexibility index (Phi) is 1.71. The zero-order chi connectivity index (χ0) is 7.68. The topological polar surface area (TPSA) is 21.3 Å². The van der Waals surface area contributed by atoms with Gasteiger partial charge in [0.15, 0.2) is 5.88 Å². The summed E-state index contributed by atoms with van der Waals surface area (Å²) >= 11 is 0. The number of nitrogens with one attached hydrogen (secondary N) is 1. The Balaban J connectivity index is 2.21. The monoisotopic (exact) mass is 167 g/mol. The normalized spacial score (nSPS) is 27.5. The molecule has 2 nitrogen and oxygen atoms in total. The Labute approximate surface area is 68.2 Å². The highest BCUT2D eigenvalue weighted by Gasteiger charge is 2.17. The molecule has 2 unspecified atom stereocenters. The van der Waals surface area contributed by atoms with Gasteiger partial charge in [-0.1, -0.05) is 12.2 Å². The third-order valence-corrected chi connectivity index (χ3v) is 2.01. The molecule has 0 spiro atoms.